The van der Waals surface area contributed by atoms with Gasteiger partial charge in [0.2, 0.25) is 5.88 Å². The van der Waals surface area contributed by atoms with Crippen molar-refractivity contribution in [2.24, 2.45) is 5.92 Å². The largest absolute Gasteiger partial charge is 0.473 e. The summed E-state index contributed by atoms with van der Waals surface area (Å²) < 4.78 is 11.7. The summed E-state index contributed by atoms with van der Waals surface area (Å²) in [5.74, 6) is 2.56. The first kappa shape index (κ1) is 20.0. The van der Waals surface area contributed by atoms with Crippen LogP contribution in [0.5, 0.6) is 5.88 Å². The molecule has 1 amide bonds. The maximum atomic E-state index is 12.4. The molecule has 1 saturated heterocycles. The Labute approximate surface area is 182 Å². The Morgan fingerprint density at radius 3 is 2.65 bits per heavy atom. The van der Waals surface area contributed by atoms with Crippen molar-refractivity contribution in [3.05, 3.63) is 36.5 Å². The average Bonchev–Trinajstić information content (AvgIpc) is 3.43. The topological polar surface area (TPSA) is 89.5 Å². The van der Waals surface area contributed by atoms with Crippen LogP contribution >= 0.6 is 0 Å². The molecule has 1 N–H and O–H groups in total. The Kier molecular flexibility index (Phi) is 5.61. The third kappa shape index (κ3) is 4.57. The minimum atomic E-state index is -0.385. The molecule has 3 fully saturated rings. The summed E-state index contributed by atoms with van der Waals surface area (Å²) in [4.78, 5) is 18.4. The standard InChI is InChI=1S/C23H29N5O3/c29-22-28(20-7-3-4-14-24-20)16-23(31-22)12-10-17(11-13-23)15-25-19-8-9-21(27-26-19)30-18-5-1-2-6-18/h3-4,7-9,14,17-18H,1-2,5-6,10-13,15-16H2,(H,25,26)/t17-,23-. The van der Waals surface area contributed by atoms with Crippen LogP contribution in [0, 0.1) is 5.92 Å². The van der Waals surface area contributed by atoms with Crippen molar-refractivity contribution in [3.8, 4) is 5.88 Å². The van der Waals surface area contributed by atoms with Crippen LogP contribution in [0.1, 0.15) is 51.4 Å². The third-order valence-corrected chi connectivity index (χ3v) is 6.71. The number of anilines is 2. The second-order valence-electron chi connectivity index (χ2n) is 8.93. The molecule has 3 heterocycles. The molecule has 0 radical (unpaired) electrons. The summed E-state index contributed by atoms with van der Waals surface area (Å²) in [5, 5.41) is 11.9. The molecule has 0 bridgehead atoms. The average molecular weight is 424 g/mol. The summed E-state index contributed by atoms with van der Waals surface area (Å²) in [5.41, 5.74) is -0.385. The third-order valence-electron chi connectivity index (χ3n) is 6.71. The van der Waals surface area contributed by atoms with Crippen molar-refractivity contribution in [2.75, 3.05) is 23.3 Å². The molecule has 164 valence electrons. The Bertz CT molecular complexity index is 878. The van der Waals surface area contributed by atoms with Crippen LogP contribution in [0.3, 0.4) is 0 Å². The van der Waals surface area contributed by atoms with Gasteiger partial charge in [0.1, 0.15) is 23.3 Å². The van der Waals surface area contributed by atoms with Gasteiger partial charge in [0.25, 0.3) is 0 Å². The fraction of sp³-hybridized carbons (Fsp3) is 0.565. The van der Waals surface area contributed by atoms with Gasteiger partial charge in [-0.15, -0.1) is 10.2 Å². The van der Waals surface area contributed by atoms with E-state index in [4.69, 9.17) is 9.47 Å². The molecule has 1 spiro atoms. The fourth-order valence-electron chi connectivity index (χ4n) is 4.88. The number of hydrogen-bond acceptors (Lipinski definition) is 7. The number of aromatic nitrogens is 3. The smallest absolute Gasteiger partial charge is 0.416 e. The molecule has 2 aromatic rings. The lowest BCUT2D eigenvalue weighted by molar-refractivity contribution is 0.0148. The Morgan fingerprint density at radius 2 is 1.94 bits per heavy atom. The number of carbonyl (C=O) groups is 1. The lowest BCUT2D eigenvalue weighted by Crippen LogP contribution is -2.39. The van der Waals surface area contributed by atoms with Crippen LogP contribution in [0.4, 0.5) is 16.4 Å². The number of carbonyl (C=O) groups excluding carboxylic acids is 1. The van der Waals surface area contributed by atoms with Crippen LogP contribution in [0.2, 0.25) is 0 Å². The Hall–Kier alpha value is -2.90. The lowest BCUT2D eigenvalue weighted by atomic mass is 9.78. The van der Waals surface area contributed by atoms with Crippen molar-refractivity contribution in [1.29, 1.82) is 0 Å². The predicted molar refractivity (Wildman–Crippen MR) is 116 cm³/mol. The normalized spacial score (nSPS) is 26.3. The summed E-state index contributed by atoms with van der Waals surface area (Å²) in [7, 11) is 0. The molecule has 0 atom stereocenters. The van der Waals surface area contributed by atoms with Crippen molar-refractivity contribution in [3.63, 3.8) is 0 Å². The SMILES string of the molecule is O=C1O[C@]2(CC[C@H](CNc3ccc(OC4CCCC4)nn3)CC2)CN1c1ccccn1. The van der Waals surface area contributed by atoms with E-state index in [1.165, 1.54) is 12.8 Å². The first-order valence-electron chi connectivity index (χ1n) is 11.3. The zero-order valence-corrected chi connectivity index (χ0v) is 17.7. The maximum Gasteiger partial charge on any atom is 0.416 e. The van der Waals surface area contributed by atoms with Crippen LogP contribution in [0.15, 0.2) is 36.5 Å². The van der Waals surface area contributed by atoms with Gasteiger partial charge in [0, 0.05) is 18.8 Å². The van der Waals surface area contributed by atoms with Crippen molar-refractivity contribution in [2.45, 2.75) is 63.1 Å². The summed E-state index contributed by atoms with van der Waals surface area (Å²) in [6, 6.07) is 9.42. The molecule has 5 rings (SSSR count). The minimum Gasteiger partial charge on any atom is -0.473 e. The van der Waals surface area contributed by atoms with Gasteiger partial charge in [0.05, 0.1) is 6.54 Å². The zero-order chi connectivity index (χ0) is 21.1. The van der Waals surface area contributed by atoms with Crippen LogP contribution < -0.4 is 15.0 Å². The number of amides is 1. The van der Waals surface area contributed by atoms with E-state index in [9.17, 15) is 4.79 Å². The fourth-order valence-corrected chi connectivity index (χ4v) is 4.88. The van der Waals surface area contributed by atoms with Crippen LogP contribution in [0.25, 0.3) is 0 Å². The quantitative estimate of drug-likeness (QED) is 0.745. The van der Waals surface area contributed by atoms with Crippen molar-refractivity contribution >= 4 is 17.7 Å². The molecule has 2 aliphatic carbocycles. The van der Waals surface area contributed by atoms with Crippen LogP contribution in [-0.2, 0) is 4.74 Å². The van der Waals surface area contributed by atoms with E-state index in [0.29, 0.717) is 30.3 Å². The molecule has 2 saturated carbocycles. The monoisotopic (exact) mass is 423 g/mol. The Balaban J connectivity index is 1.09. The zero-order valence-electron chi connectivity index (χ0n) is 17.7. The van der Waals surface area contributed by atoms with E-state index < -0.39 is 0 Å². The highest BCUT2D eigenvalue weighted by molar-refractivity contribution is 5.89. The van der Waals surface area contributed by atoms with Gasteiger partial charge >= 0.3 is 6.09 Å². The lowest BCUT2D eigenvalue weighted by Gasteiger charge is -2.35. The van der Waals surface area contributed by atoms with Gasteiger partial charge in [-0.25, -0.2) is 9.78 Å². The number of ether oxygens (including phenoxy) is 2. The van der Waals surface area contributed by atoms with Gasteiger partial charge < -0.3 is 14.8 Å². The Morgan fingerprint density at radius 1 is 1.10 bits per heavy atom. The highest BCUT2D eigenvalue weighted by Crippen LogP contribution is 2.40. The van der Waals surface area contributed by atoms with Gasteiger partial charge in [-0.05, 0) is 75.5 Å². The second kappa shape index (κ2) is 8.69. The minimum absolute atomic E-state index is 0.287. The van der Waals surface area contributed by atoms with Crippen LogP contribution in [-0.4, -0.2) is 46.1 Å². The number of nitrogens with one attached hydrogen (secondary N) is 1. The first-order valence-corrected chi connectivity index (χ1v) is 11.3. The van der Waals surface area contributed by atoms with E-state index >= 15 is 0 Å². The van der Waals surface area contributed by atoms with E-state index in [1.807, 2.05) is 30.3 Å². The molecule has 0 unspecified atom stereocenters. The number of pyridine rings is 1. The maximum absolute atomic E-state index is 12.4. The van der Waals surface area contributed by atoms with Gasteiger partial charge in [0.15, 0.2) is 0 Å². The highest BCUT2D eigenvalue weighted by atomic mass is 16.6. The predicted octanol–water partition coefficient (Wildman–Crippen LogP) is 4.19. The van der Waals surface area contributed by atoms with Crippen molar-refractivity contribution < 1.29 is 14.3 Å². The molecule has 8 heteroatoms. The van der Waals surface area contributed by atoms with E-state index in [-0.39, 0.29) is 11.7 Å². The second-order valence-corrected chi connectivity index (χ2v) is 8.93. The number of rotatable bonds is 6. The van der Waals surface area contributed by atoms with E-state index in [2.05, 4.69) is 20.5 Å². The van der Waals surface area contributed by atoms with Gasteiger partial charge in [-0.2, -0.15) is 0 Å². The number of nitrogens with zero attached hydrogens (tertiary/aromatic N) is 4. The molecular formula is C23H29N5O3. The van der Waals surface area contributed by atoms with E-state index in [0.717, 1.165) is 50.9 Å². The molecular weight excluding hydrogens is 394 g/mol. The molecule has 0 aromatic carbocycles. The summed E-state index contributed by atoms with van der Waals surface area (Å²) >= 11 is 0. The molecule has 31 heavy (non-hydrogen) atoms. The highest BCUT2D eigenvalue weighted by Gasteiger charge is 2.47. The first-order chi connectivity index (χ1) is 15.2. The molecule has 1 aliphatic heterocycles. The molecule has 2 aromatic heterocycles. The summed E-state index contributed by atoms with van der Waals surface area (Å²) in [6.07, 6.45) is 10.2. The molecule has 8 nitrogen and oxygen atoms in total. The summed E-state index contributed by atoms with van der Waals surface area (Å²) in [6.45, 7) is 1.42. The number of hydrogen-bond donors (Lipinski definition) is 1. The van der Waals surface area contributed by atoms with Crippen molar-refractivity contribution in [1.82, 2.24) is 15.2 Å². The van der Waals surface area contributed by atoms with Gasteiger partial charge in [-0.3, -0.25) is 4.90 Å². The molecule has 3 aliphatic rings. The van der Waals surface area contributed by atoms with Gasteiger partial charge in [-0.1, -0.05) is 6.07 Å². The van der Waals surface area contributed by atoms with E-state index in [1.54, 1.807) is 11.1 Å².